The zero-order valence-electron chi connectivity index (χ0n) is 16.8. The van der Waals surface area contributed by atoms with Gasteiger partial charge in [0.15, 0.2) is 0 Å². The molecule has 0 bridgehead atoms. The fourth-order valence-corrected chi connectivity index (χ4v) is 4.30. The average Bonchev–Trinajstić information content (AvgIpc) is 2.73. The molecule has 0 saturated heterocycles. The molecule has 0 fully saturated rings. The van der Waals surface area contributed by atoms with Gasteiger partial charge in [0.25, 0.3) is 0 Å². The maximum atomic E-state index is 10.3. The first-order valence-corrected chi connectivity index (χ1v) is 11.2. The maximum Gasteiger partial charge on any atom is 0.0915 e. The van der Waals surface area contributed by atoms with Gasteiger partial charge in [0.2, 0.25) is 0 Å². The number of halogens is 2. The zero-order valence-corrected chi connectivity index (χ0v) is 18.3. The van der Waals surface area contributed by atoms with E-state index in [1.165, 1.54) is 36.8 Å². The molecule has 0 aliphatic heterocycles. The summed E-state index contributed by atoms with van der Waals surface area (Å²) in [5.74, 6) is 0. The Hall–Kier alpha value is -1.52. The van der Waals surface area contributed by atoms with Crippen molar-refractivity contribution in [3.05, 3.63) is 74.8 Å². The van der Waals surface area contributed by atoms with Crippen LogP contribution in [-0.2, 0) is 12.8 Å². The van der Waals surface area contributed by atoms with Crippen LogP contribution in [0.2, 0.25) is 10.0 Å². The molecule has 1 unspecified atom stereocenters. The number of allylic oxidation sites excluding steroid dienone is 2. The normalized spacial score (nSPS) is 14.4. The van der Waals surface area contributed by atoms with E-state index in [1.807, 2.05) is 0 Å². The monoisotopic (exact) mass is 432 g/mol. The van der Waals surface area contributed by atoms with Gasteiger partial charge in [0.05, 0.1) is 21.8 Å². The number of benzene rings is 2. The second-order valence-corrected chi connectivity index (χ2v) is 8.61. The Morgan fingerprint density at radius 1 is 1.00 bits per heavy atom. The van der Waals surface area contributed by atoms with E-state index in [4.69, 9.17) is 28.9 Å². The van der Waals surface area contributed by atoms with Crippen molar-refractivity contribution < 1.29 is 5.11 Å². The molecular weight excluding hydrogens is 403 g/mol. The van der Waals surface area contributed by atoms with E-state index in [0.29, 0.717) is 27.8 Å². The molecular formula is C24H30Cl2N2O. The molecule has 5 heteroatoms. The van der Waals surface area contributed by atoms with E-state index in [2.05, 4.69) is 35.7 Å². The van der Waals surface area contributed by atoms with Gasteiger partial charge in [-0.25, -0.2) is 0 Å². The van der Waals surface area contributed by atoms with Gasteiger partial charge >= 0.3 is 0 Å². The molecule has 156 valence electrons. The van der Waals surface area contributed by atoms with E-state index >= 15 is 0 Å². The van der Waals surface area contributed by atoms with Crippen LogP contribution < -0.4 is 11.1 Å². The number of unbranched alkanes of at least 4 members (excludes halogenated alkanes) is 3. The smallest absolute Gasteiger partial charge is 0.0915 e. The summed E-state index contributed by atoms with van der Waals surface area (Å²) < 4.78 is 0. The van der Waals surface area contributed by atoms with Gasteiger partial charge in [0, 0.05) is 6.54 Å². The highest BCUT2D eigenvalue weighted by Gasteiger charge is 2.12. The van der Waals surface area contributed by atoms with Crippen LogP contribution in [0.5, 0.6) is 0 Å². The molecule has 2 aromatic carbocycles. The Labute approximate surface area is 183 Å². The SMILES string of the molecule is Nc1c(Cl)cc(C(O)CNCCCCCCC2=CCc3ccccc3C2)cc1Cl. The molecule has 0 aromatic heterocycles. The van der Waals surface area contributed by atoms with Crippen LogP contribution in [0.4, 0.5) is 5.69 Å². The lowest BCUT2D eigenvalue weighted by molar-refractivity contribution is 0.174. The summed E-state index contributed by atoms with van der Waals surface area (Å²) in [7, 11) is 0. The van der Waals surface area contributed by atoms with Crippen molar-refractivity contribution in [2.24, 2.45) is 0 Å². The predicted molar refractivity (Wildman–Crippen MR) is 124 cm³/mol. The number of anilines is 1. The van der Waals surface area contributed by atoms with Crippen LogP contribution in [0.25, 0.3) is 0 Å². The van der Waals surface area contributed by atoms with Crippen LogP contribution in [0.15, 0.2) is 48.0 Å². The highest BCUT2D eigenvalue weighted by atomic mass is 35.5. The van der Waals surface area contributed by atoms with Gasteiger partial charge in [-0.15, -0.1) is 0 Å². The minimum atomic E-state index is -0.647. The molecule has 2 aromatic rings. The number of nitrogens with two attached hydrogens (primary N) is 1. The quantitative estimate of drug-likeness (QED) is 0.249. The van der Waals surface area contributed by atoms with E-state index < -0.39 is 6.10 Å². The molecule has 4 N–H and O–H groups in total. The highest BCUT2D eigenvalue weighted by molar-refractivity contribution is 6.38. The van der Waals surface area contributed by atoms with Crippen molar-refractivity contribution in [1.29, 1.82) is 0 Å². The first kappa shape index (κ1) is 22.2. The van der Waals surface area contributed by atoms with Crippen molar-refractivity contribution in [1.82, 2.24) is 5.32 Å². The van der Waals surface area contributed by atoms with E-state index in [1.54, 1.807) is 17.7 Å². The minimum Gasteiger partial charge on any atom is -0.396 e. The fourth-order valence-electron chi connectivity index (χ4n) is 3.80. The molecule has 0 spiro atoms. The second-order valence-electron chi connectivity index (χ2n) is 7.79. The largest absolute Gasteiger partial charge is 0.396 e. The van der Waals surface area contributed by atoms with Gasteiger partial charge in [-0.2, -0.15) is 0 Å². The van der Waals surface area contributed by atoms with Crippen molar-refractivity contribution in [2.45, 2.75) is 51.0 Å². The van der Waals surface area contributed by atoms with Crippen LogP contribution in [-0.4, -0.2) is 18.2 Å². The Kier molecular flexibility index (Phi) is 8.43. The number of aliphatic hydroxyl groups is 1. The summed E-state index contributed by atoms with van der Waals surface area (Å²) in [6.07, 6.45) is 9.99. The predicted octanol–water partition coefficient (Wildman–Crippen LogP) is 5.87. The molecule has 1 atom stereocenters. The Morgan fingerprint density at radius 3 is 2.45 bits per heavy atom. The maximum absolute atomic E-state index is 10.3. The number of hydrogen-bond acceptors (Lipinski definition) is 3. The zero-order chi connectivity index (χ0) is 20.6. The summed E-state index contributed by atoms with van der Waals surface area (Å²) >= 11 is 12.1. The molecule has 0 heterocycles. The summed E-state index contributed by atoms with van der Waals surface area (Å²) in [6.45, 7) is 1.37. The summed E-state index contributed by atoms with van der Waals surface area (Å²) in [5, 5.41) is 14.4. The summed E-state index contributed by atoms with van der Waals surface area (Å²) in [5.41, 5.74) is 11.3. The van der Waals surface area contributed by atoms with E-state index in [0.717, 1.165) is 25.8 Å². The lowest BCUT2D eigenvalue weighted by atomic mass is 9.89. The molecule has 3 rings (SSSR count). The molecule has 0 saturated carbocycles. The van der Waals surface area contributed by atoms with Crippen LogP contribution in [0.3, 0.4) is 0 Å². The molecule has 3 nitrogen and oxygen atoms in total. The van der Waals surface area contributed by atoms with Crippen molar-refractivity contribution >= 4 is 28.9 Å². The van der Waals surface area contributed by atoms with E-state index in [-0.39, 0.29) is 0 Å². The lowest BCUT2D eigenvalue weighted by Crippen LogP contribution is -2.22. The highest BCUT2D eigenvalue weighted by Crippen LogP contribution is 2.31. The average molecular weight is 433 g/mol. The summed E-state index contributed by atoms with van der Waals surface area (Å²) in [4.78, 5) is 0. The number of nitrogen functional groups attached to an aromatic ring is 1. The Bertz CT molecular complexity index is 828. The third-order valence-electron chi connectivity index (χ3n) is 5.57. The number of rotatable bonds is 10. The summed E-state index contributed by atoms with van der Waals surface area (Å²) in [6, 6.07) is 12.1. The van der Waals surface area contributed by atoms with Gasteiger partial charge in [-0.3, -0.25) is 0 Å². The van der Waals surface area contributed by atoms with Gasteiger partial charge in [0.1, 0.15) is 0 Å². The third-order valence-corrected chi connectivity index (χ3v) is 6.20. The molecule has 0 amide bonds. The number of fused-ring (bicyclic) bond motifs is 1. The minimum absolute atomic E-state index is 0.352. The van der Waals surface area contributed by atoms with Crippen molar-refractivity contribution in [3.8, 4) is 0 Å². The first-order valence-electron chi connectivity index (χ1n) is 10.4. The van der Waals surface area contributed by atoms with Gasteiger partial charge in [-0.1, -0.05) is 72.0 Å². The number of aliphatic hydroxyl groups excluding tert-OH is 1. The van der Waals surface area contributed by atoms with Crippen molar-refractivity contribution in [2.75, 3.05) is 18.8 Å². The van der Waals surface area contributed by atoms with E-state index in [9.17, 15) is 5.11 Å². The second kappa shape index (κ2) is 11.0. The first-order chi connectivity index (χ1) is 14.0. The molecule has 0 radical (unpaired) electrons. The van der Waals surface area contributed by atoms with Crippen LogP contribution >= 0.6 is 23.2 Å². The molecule has 29 heavy (non-hydrogen) atoms. The lowest BCUT2D eigenvalue weighted by Gasteiger charge is -2.17. The van der Waals surface area contributed by atoms with Gasteiger partial charge in [-0.05, 0) is 67.5 Å². The standard InChI is InChI=1S/C24H30Cl2N2O/c25-21-14-20(15-22(26)24(21)27)23(29)16-28-12-6-2-1-3-7-17-10-11-18-8-4-5-9-19(18)13-17/h4-5,8-10,14-15,23,28-29H,1-3,6-7,11-13,16,27H2. The Balaban J connectivity index is 1.26. The van der Waals surface area contributed by atoms with Crippen LogP contribution in [0, 0.1) is 0 Å². The van der Waals surface area contributed by atoms with Gasteiger partial charge < -0.3 is 16.2 Å². The topological polar surface area (TPSA) is 58.3 Å². The molecule has 1 aliphatic rings. The molecule has 1 aliphatic carbocycles. The number of nitrogens with one attached hydrogen (secondary N) is 1. The van der Waals surface area contributed by atoms with Crippen LogP contribution in [0.1, 0.15) is 54.9 Å². The Morgan fingerprint density at radius 2 is 1.69 bits per heavy atom. The van der Waals surface area contributed by atoms with Crippen molar-refractivity contribution in [3.63, 3.8) is 0 Å². The fraction of sp³-hybridized carbons (Fsp3) is 0.417. The number of hydrogen-bond donors (Lipinski definition) is 3. The third kappa shape index (κ3) is 6.48.